The van der Waals surface area contributed by atoms with Crippen LogP contribution in [0.25, 0.3) is 0 Å². The number of ether oxygens (including phenoxy) is 10. The van der Waals surface area contributed by atoms with Crippen LogP contribution in [-0.4, -0.2) is 138 Å². The van der Waals surface area contributed by atoms with Gasteiger partial charge in [-0.3, -0.25) is 9.59 Å². The highest BCUT2D eigenvalue weighted by atomic mass is 16.6. The van der Waals surface area contributed by atoms with E-state index >= 15 is 0 Å². The first-order chi connectivity index (χ1) is 29.4. The monoisotopic (exact) mass is 852 g/mol. The first-order valence-corrected chi connectivity index (χ1v) is 23.7. The van der Waals surface area contributed by atoms with E-state index in [0.29, 0.717) is 50.0 Å². The fraction of sp³-hybridized carbons (Fsp3) is 0.833. The van der Waals surface area contributed by atoms with Gasteiger partial charge in [0.25, 0.3) is 0 Å². The average molecular weight is 853 g/mol. The van der Waals surface area contributed by atoms with Crippen molar-refractivity contribution in [2.24, 2.45) is 5.92 Å². The number of rotatable bonds is 3. The minimum absolute atomic E-state index is 0.0629. The zero-order chi connectivity index (χ0) is 42.0. The van der Waals surface area contributed by atoms with Crippen molar-refractivity contribution in [2.75, 3.05) is 0 Å². The Balaban J connectivity index is 0.805. The second-order valence-corrected chi connectivity index (χ2v) is 20.6. The first-order valence-electron chi connectivity index (χ1n) is 23.7. The van der Waals surface area contributed by atoms with Crippen LogP contribution in [0.15, 0.2) is 36.5 Å². The molecule has 338 valence electrons. The molecular weight excluding hydrogens is 785 g/mol. The van der Waals surface area contributed by atoms with Crippen LogP contribution in [0.2, 0.25) is 0 Å². The Hall–Kier alpha value is -2.04. The van der Waals surface area contributed by atoms with E-state index in [1.165, 1.54) is 0 Å². The van der Waals surface area contributed by atoms with Crippen molar-refractivity contribution in [1.82, 2.24) is 0 Å². The van der Waals surface area contributed by atoms with Gasteiger partial charge >= 0.3 is 5.97 Å². The lowest BCUT2D eigenvalue weighted by molar-refractivity contribution is -0.316. The Morgan fingerprint density at radius 1 is 0.689 bits per heavy atom. The molecule has 10 aliphatic heterocycles. The number of aliphatic hydroxyl groups is 1. The molecule has 10 aliphatic rings. The van der Waals surface area contributed by atoms with Crippen molar-refractivity contribution in [3.8, 4) is 0 Å². The highest BCUT2D eigenvalue weighted by Crippen LogP contribution is 2.48. The average Bonchev–Trinajstić information content (AvgIpc) is 3.48. The van der Waals surface area contributed by atoms with Crippen molar-refractivity contribution in [1.29, 1.82) is 0 Å². The molecule has 13 nitrogen and oxygen atoms in total. The van der Waals surface area contributed by atoms with Gasteiger partial charge in [-0.2, -0.15) is 0 Å². The van der Waals surface area contributed by atoms with Crippen molar-refractivity contribution in [2.45, 2.75) is 245 Å². The van der Waals surface area contributed by atoms with Crippen LogP contribution in [0, 0.1) is 5.92 Å². The molecule has 0 aromatic carbocycles. The molecular formula is C48H68O13. The molecule has 0 unspecified atom stereocenters. The van der Waals surface area contributed by atoms with E-state index < -0.39 is 23.4 Å². The predicted molar refractivity (Wildman–Crippen MR) is 220 cm³/mol. The Morgan fingerprint density at radius 2 is 1.39 bits per heavy atom. The van der Waals surface area contributed by atoms with E-state index in [-0.39, 0.29) is 104 Å². The maximum absolute atomic E-state index is 12.3. The smallest absolute Gasteiger partial charge is 0.308 e. The number of fused-ring (bicyclic) bond motifs is 9. The Labute approximate surface area is 360 Å². The van der Waals surface area contributed by atoms with E-state index in [1.807, 2.05) is 0 Å². The Kier molecular flexibility index (Phi) is 12.2. The first kappa shape index (κ1) is 42.9. The predicted octanol–water partition coefficient (Wildman–Crippen LogP) is 5.70. The van der Waals surface area contributed by atoms with Crippen molar-refractivity contribution in [3.63, 3.8) is 0 Å². The third-order valence-electron chi connectivity index (χ3n) is 15.8. The molecule has 13 heteroatoms. The summed E-state index contributed by atoms with van der Waals surface area (Å²) in [5.74, 6) is 0.163. The van der Waals surface area contributed by atoms with Gasteiger partial charge < -0.3 is 52.5 Å². The van der Waals surface area contributed by atoms with Gasteiger partial charge in [-0.1, -0.05) is 37.8 Å². The minimum atomic E-state index is -0.695. The third kappa shape index (κ3) is 8.76. The second-order valence-electron chi connectivity index (χ2n) is 20.6. The number of hydrogen-bond donors (Lipinski definition) is 1. The van der Waals surface area contributed by atoms with Gasteiger partial charge in [-0.25, -0.2) is 0 Å². The van der Waals surface area contributed by atoms with Crippen molar-refractivity contribution >= 4 is 12.3 Å². The van der Waals surface area contributed by atoms with Gasteiger partial charge in [0, 0.05) is 32.1 Å². The highest BCUT2D eigenvalue weighted by Gasteiger charge is 2.57. The van der Waals surface area contributed by atoms with Gasteiger partial charge in [-0.15, -0.1) is 0 Å². The topological polar surface area (TPSA) is 147 Å². The number of carbonyl (C=O) groups excluding carboxylic acids is 2. The molecule has 10 heterocycles. The molecule has 8 fully saturated rings. The lowest BCUT2D eigenvalue weighted by Crippen LogP contribution is -2.65. The Bertz CT molecular complexity index is 1690. The number of aldehydes is 1. The van der Waals surface area contributed by atoms with E-state index in [9.17, 15) is 14.7 Å². The summed E-state index contributed by atoms with van der Waals surface area (Å²) in [4.78, 5) is 23.5. The quantitative estimate of drug-likeness (QED) is 0.160. The zero-order valence-corrected chi connectivity index (χ0v) is 36.2. The normalized spacial score (nSPS) is 53.2. The summed E-state index contributed by atoms with van der Waals surface area (Å²) in [6.45, 7) is 10.4. The summed E-state index contributed by atoms with van der Waals surface area (Å²) in [7, 11) is 0. The van der Waals surface area contributed by atoms with Gasteiger partial charge in [0.05, 0.1) is 103 Å². The summed E-state index contributed by atoms with van der Waals surface area (Å²) in [5, 5.41) is 11.2. The van der Waals surface area contributed by atoms with Crippen LogP contribution >= 0.6 is 0 Å². The fourth-order valence-electron chi connectivity index (χ4n) is 12.8. The molecule has 0 spiro atoms. The lowest BCUT2D eigenvalue weighted by atomic mass is 9.78. The molecule has 0 aromatic heterocycles. The van der Waals surface area contributed by atoms with Crippen molar-refractivity contribution in [3.05, 3.63) is 36.5 Å². The summed E-state index contributed by atoms with van der Waals surface area (Å²) in [6.07, 6.45) is 16.8. The molecule has 61 heavy (non-hydrogen) atoms. The van der Waals surface area contributed by atoms with Crippen LogP contribution in [0.5, 0.6) is 0 Å². The number of hydrogen-bond acceptors (Lipinski definition) is 13. The van der Waals surface area contributed by atoms with E-state index in [1.54, 1.807) is 0 Å². The molecule has 0 aromatic rings. The second kappa shape index (κ2) is 17.4. The number of carbonyl (C=O) groups is 2. The zero-order valence-electron chi connectivity index (χ0n) is 36.2. The van der Waals surface area contributed by atoms with Gasteiger partial charge in [0.2, 0.25) is 0 Å². The van der Waals surface area contributed by atoms with E-state index in [0.717, 1.165) is 70.5 Å². The van der Waals surface area contributed by atoms with Crippen LogP contribution in [-0.2, 0) is 57.0 Å². The number of aliphatic hydroxyl groups excluding tert-OH is 1. The summed E-state index contributed by atoms with van der Waals surface area (Å²) >= 11 is 0. The van der Waals surface area contributed by atoms with Crippen LogP contribution in [0.1, 0.15) is 124 Å². The van der Waals surface area contributed by atoms with Crippen LogP contribution in [0.4, 0.5) is 0 Å². The molecule has 0 amide bonds. The maximum atomic E-state index is 12.3. The summed E-state index contributed by atoms with van der Waals surface area (Å²) < 4.78 is 67.7. The molecule has 21 atom stereocenters. The third-order valence-corrected chi connectivity index (χ3v) is 15.8. The molecule has 0 saturated carbocycles. The number of esters is 1. The van der Waals surface area contributed by atoms with Gasteiger partial charge in [0.15, 0.2) is 0 Å². The molecule has 0 bridgehead atoms. The summed E-state index contributed by atoms with van der Waals surface area (Å²) in [6, 6.07) is 0. The lowest BCUT2D eigenvalue weighted by Gasteiger charge is -2.55. The standard InChI is InChI=1S/C48H68O13/c1-26-18-37-40(22-45(51)58-37)57-44-21-39-36(61-47(44,3)23-26)16-15-34-31(55-39)10-6-5-9-30-32(54-34)11-7-13-35-33(53-30)12-8-14-43-48(4,60-35)24-42-38(56-43)20-41-46(59-42)29(50)19-28(52-41)17-27(2)25-49/h5-7,13,25-26,28-44,46,50H,2,8-12,14-24H2,1,3-4H3/b6-5-,13-7-/t26-,28-,29+,30-,31+,32+,33+,34-,35-,36+,37+,38+,39-,40-,41-,42-,43-,44+,46+,47-,48+/m1/s1. The van der Waals surface area contributed by atoms with Gasteiger partial charge in [0.1, 0.15) is 30.7 Å². The SMILES string of the molecule is C=C(C=O)C[C@@H]1C[C@H](O)[C@@H]2O[C@@H]3C[C@]4(C)O[C@@H]5/C=C\C[C@@H]6O[C@@H]7CC[C@@H]8O[C@]9(C)C[C@H](C)C[C@@H]%10OC(=O)C[C@H]%10O[C@H]9C[C@H]8O[C@H]7C/C=C\C[C@H]6O[C@H]5CCC[C@H]4O[C@H]3C[C@H]2O1. The van der Waals surface area contributed by atoms with Crippen molar-refractivity contribution < 1.29 is 62.1 Å². The molecule has 0 aliphatic carbocycles. The minimum Gasteiger partial charge on any atom is -0.459 e. The van der Waals surface area contributed by atoms with E-state index in [2.05, 4.69) is 51.7 Å². The largest absolute Gasteiger partial charge is 0.459 e. The Morgan fingerprint density at radius 3 is 2.21 bits per heavy atom. The van der Waals surface area contributed by atoms with Crippen LogP contribution in [0.3, 0.4) is 0 Å². The molecule has 10 rings (SSSR count). The molecule has 8 saturated heterocycles. The van der Waals surface area contributed by atoms with E-state index in [4.69, 9.17) is 47.4 Å². The maximum Gasteiger partial charge on any atom is 0.308 e. The summed E-state index contributed by atoms with van der Waals surface area (Å²) in [5.41, 5.74) is -0.619. The highest BCUT2D eigenvalue weighted by molar-refractivity contribution is 5.72. The van der Waals surface area contributed by atoms with Gasteiger partial charge in [-0.05, 0) is 89.5 Å². The van der Waals surface area contributed by atoms with Crippen LogP contribution < -0.4 is 0 Å². The molecule has 1 N–H and O–H groups in total. The fourth-order valence-corrected chi connectivity index (χ4v) is 12.8. The molecule has 0 radical (unpaired) electrons.